The van der Waals surface area contributed by atoms with Crippen molar-refractivity contribution in [2.24, 2.45) is 0 Å². The van der Waals surface area contributed by atoms with Crippen molar-refractivity contribution in [3.05, 3.63) is 90.0 Å². The van der Waals surface area contributed by atoms with Crippen molar-refractivity contribution in [2.75, 3.05) is 10.6 Å². The van der Waals surface area contributed by atoms with Gasteiger partial charge in [-0.15, -0.1) is 0 Å². The highest BCUT2D eigenvalue weighted by Gasteiger charge is 2.29. The average molecular weight is 435 g/mol. The Morgan fingerprint density at radius 2 is 1.48 bits per heavy atom. The van der Waals surface area contributed by atoms with E-state index < -0.39 is 11.6 Å². The molecule has 0 saturated carbocycles. The Balaban J connectivity index is 1.54. The van der Waals surface area contributed by atoms with Gasteiger partial charge in [0.15, 0.2) is 10.7 Å². The molecule has 0 fully saturated rings. The molecule has 160 valence electrons. The minimum absolute atomic E-state index is 0.543. The number of rotatable bonds is 8. The third-order valence-electron chi connectivity index (χ3n) is 4.73. The molecule has 0 saturated heterocycles. The van der Waals surface area contributed by atoms with Gasteiger partial charge in [-0.2, -0.15) is 0 Å². The van der Waals surface area contributed by atoms with E-state index in [9.17, 15) is 9.90 Å². The minimum Gasteiger partial charge on any atom is -0.478 e. The van der Waals surface area contributed by atoms with Crippen molar-refractivity contribution in [3.8, 4) is 5.75 Å². The summed E-state index contributed by atoms with van der Waals surface area (Å²) in [5.74, 6) is -0.453. The van der Waals surface area contributed by atoms with Crippen LogP contribution in [0.15, 0.2) is 78.9 Å². The first kappa shape index (κ1) is 22.3. The van der Waals surface area contributed by atoms with Gasteiger partial charge < -0.3 is 20.5 Å². The first-order chi connectivity index (χ1) is 14.8. The zero-order chi connectivity index (χ0) is 22.3. The molecule has 3 aromatic rings. The Kier molecular flexibility index (Phi) is 7.26. The fraction of sp³-hybridized carbons (Fsp3) is 0.200. The van der Waals surface area contributed by atoms with E-state index in [4.69, 9.17) is 17.0 Å². The van der Waals surface area contributed by atoms with Crippen molar-refractivity contribution >= 4 is 34.7 Å². The molecule has 0 bridgehead atoms. The second-order valence-corrected chi connectivity index (χ2v) is 8.12. The molecule has 0 heterocycles. The van der Waals surface area contributed by atoms with Crippen LogP contribution >= 0.6 is 12.2 Å². The fourth-order valence-corrected chi connectivity index (χ4v) is 3.21. The summed E-state index contributed by atoms with van der Waals surface area (Å²) < 4.78 is 5.55. The maximum absolute atomic E-state index is 11.2. The van der Waals surface area contributed by atoms with E-state index in [1.165, 1.54) is 19.4 Å². The quantitative estimate of drug-likeness (QED) is 0.406. The molecule has 6 heteroatoms. The van der Waals surface area contributed by atoms with Gasteiger partial charge in [0.25, 0.3) is 0 Å². The Hall–Kier alpha value is -3.38. The summed E-state index contributed by atoms with van der Waals surface area (Å²) in [6.45, 7) is 3.07. The lowest BCUT2D eigenvalue weighted by Gasteiger charge is -2.21. The standard InChI is InChI=1S/C25H26N2O3S/c1-25(2,23(28)29)30-22-15-13-18(14-16-22)11-12-19-7-6-10-21(17-19)27-24(31)26-20-8-4-3-5-9-20/h3-10,13-17H,11-12H2,1-2H3,(H,28,29)(H2,26,27,31). The maximum atomic E-state index is 11.2. The number of ether oxygens (including phenoxy) is 1. The van der Waals surface area contributed by atoms with Gasteiger partial charge >= 0.3 is 5.97 Å². The van der Waals surface area contributed by atoms with E-state index in [0.29, 0.717) is 10.9 Å². The maximum Gasteiger partial charge on any atom is 0.347 e. The predicted octanol–water partition coefficient (Wildman–Crippen LogP) is 5.52. The van der Waals surface area contributed by atoms with Gasteiger partial charge in [0, 0.05) is 11.4 Å². The number of hydrogen-bond acceptors (Lipinski definition) is 3. The van der Waals surface area contributed by atoms with Crippen LogP contribution < -0.4 is 15.4 Å². The van der Waals surface area contributed by atoms with Gasteiger partial charge in [-0.1, -0.05) is 42.5 Å². The van der Waals surface area contributed by atoms with Crippen LogP contribution in [0.25, 0.3) is 0 Å². The molecule has 31 heavy (non-hydrogen) atoms. The summed E-state index contributed by atoms with van der Waals surface area (Å²) in [6.07, 6.45) is 1.73. The lowest BCUT2D eigenvalue weighted by atomic mass is 10.0. The number of para-hydroxylation sites is 1. The molecular formula is C25H26N2O3S. The highest BCUT2D eigenvalue weighted by Crippen LogP contribution is 2.20. The van der Waals surface area contributed by atoms with Crippen molar-refractivity contribution in [1.82, 2.24) is 0 Å². The highest BCUT2D eigenvalue weighted by atomic mass is 32.1. The lowest BCUT2D eigenvalue weighted by Crippen LogP contribution is -2.37. The molecule has 0 aliphatic heterocycles. The van der Waals surface area contributed by atoms with Gasteiger partial charge in [0.05, 0.1) is 0 Å². The summed E-state index contributed by atoms with van der Waals surface area (Å²) in [7, 11) is 0. The third-order valence-corrected chi connectivity index (χ3v) is 4.93. The number of aryl methyl sites for hydroxylation is 2. The van der Waals surface area contributed by atoms with E-state index in [0.717, 1.165) is 29.8 Å². The zero-order valence-electron chi connectivity index (χ0n) is 17.6. The summed E-state index contributed by atoms with van der Waals surface area (Å²) in [4.78, 5) is 11.2. The molecule has 0 aromatic heterocycles. The van der Waals surface area contributed by atoms with Crippen LogP contribution in [0, 0.1) is 0 Å². The number of carboxylic acid groups (broad SMARTS) is 1. The summed E-state index contributed by atoms with van der Waals surface area (Å²) in [6, 6.07) is 25.5. The van der Waals surface area contributed by atoms with E-state index >= 15 is 0 Å². The van der Waals surface area contributed by atoms with E-state index in [1.54, 1.807) is 0 Å². The van der Waals surface area contributed by atoms with Crippen LogP contribution in [0.2, 0.25) is 0 Å². The van der Waals surface area contributed by atoms with Crippen molar-refractivity contribution in [2.45, 2.75) is 32.3 Å². The number of carboxylic acids is 1. The average Bonchev–Trinajstić information content (AvgIpc) is 2.74. The second kappa shape index (κ2) is 10.1. The van der Waals surface area contributed by atoms with Crippen LogP contribution in [0.3, 0.4) is 0 Å². The molecular weight excluding hydrogens is 408 g/mol. The molecule has 0 radical (unpaired) electrons. The number of thiocarbonyl (C=S) groups is 1. The molecule has 5 nitrogen and oxygen atoms in total. The number of aliphatic carboxylic acids is 1. The largest absolute Gasteiger partial charge is 0.478 e. The molecule has 0 amide bonds. The molecule has 3 rings (SSSR count). The van der Waals surface area contributed by atoms with E-state index in [-0.39, 0.29) is 0 Å². The fourth-order valence-electron chi connectivity index (χ4n) is 2.97. The number of carbonyl (C=O) groups is 1. The molecule has 0 atom stereocenters. The first-order valence-electron chi connectivity index (χ1n) is 10.1. The SMILES string of the molecule is CC(C)(Oc1ccc(CCc2cccc(NC(=S)Nc3ccccc3)c2)cc1)C(=O)O. The summed E-state index contributed by atoms with van der Waals surface area (Å²) in [5, 5.41) is 16.1. The second-order valence-electron chi connectivity index (χ2n) is 7.71. The van der Waals surface area contributed by atoms with Crippen molar-refractivity contribution in [1.29, 1.82) is 0 Å². The van der Waals surface area contributed by atoms with Gasteiger partial charge in [0.1, 0.15) is 5.75 Å². The Labute approximate surface area is 188 Å². The summed E-state index contributed by atoms with van der Waals surface area (Å²) >= 11 is 5.40. The minimum atomic E-state index is -1.26. The number of nitrogens with one attached hydrogen (secondary N) is 2. The Bertz CT molecular complexity index is 1030. The third kappa shape index (κ3) is 6.83. The first-order valence-corrected chi connectivity index (χ1v) is 10.5. The number of anilines is 2. The van der Waals surface area contributed by atoms with Crippen LogP contribution in [0.5, 0.6) is 5.75 Å². The topological polar surface area (TPSA) is 70.6 Å². The van der Waals surface area contributed by atoms with E-state index in [2.05, 4.69) is 22.8 Å². The Morgan fingerprint density at radius 1 is 0.871 bits per heavy atom. The van der Waals surface area contributed by atoms with Crippen LogP contribution in [0.4, 0.5) is 11.4 Å². The lowest BCUT2D eigenvalue weighted by molar-refractivity contribution is -0.152. The van der Waals surface area contributed by atoms with Gasteiger partial charge in [0.2, 0.25) is 0 Å². The van der Waals surface area contributed by atoms with Crippen LogP contribution in [0.1, 0.15) is 25.0 Å². The smallest absolute Gasteiger partial charge is 0.347 e. The van der Waals surface area contributed by atoms with Crippen LogP contribution in [-0.4, -0.2) is 21.8 Å². The van der Waals surface area contributed by atoms with Crippen molar-refractivity contribution in [3.63, 3.8) is 0 Å². The van der Waals surface area contributed by atoms with Gasteiger partial charge in [-0.25, -0.2) is 4.79 Å². The predicted molar refractivity (Wildman–Crippen MR) is 129 cm³/mol. The highest BCUT2D eigenvalue weighted by molar-refractivity contribution is 7.80. The number of benzene rings is 3. The Morgan fingerprint density at radius 3 is 2.16 bits per heavy atom. The zero-order valence-corrected chi connectivity index (χ0v) is 18.4. The summed E-state index contributed by atoms with van der Waals surface area (Å²) in [5.41, 5.74) is 2.96. The molecule has 0 aliphatic rings. The molecule has 3 N–H and O–H groups in total. The molecule has 0 aliphatic carbocycles. The van der Waals surface area contributed by atoms with Gasteiger partial charge in [-0.05, 0) is 86.4 Å². The molecule has 0 spiro atoms. The van der Waals surface area contributed by atoms with Gasteiger partial charge in [-0.3, -0.25) is 0 Å². The van der Waals surface area contributed by atoms with Crippen molar-refractivity contribution < 1.29 is 14.6 Å². The molecule has 0 unspecified atom stereocenters. The monoisotopic (exact) mass is 434 g/mol. The van der Waals surface area contributed by atoms with Crippen LogP contribution in [-0.2, 0) is 17.6 Å². The van der Waals surface area contributed by atoms with E-state index in [1.807, 2.05) is 66.7 Å². The number of hydrogen-bond donors (Lipinski definition) is 3. The molecule has 3 aromatic carbocycles. The normalized spacial score (nSPS) is 10.9.